The molecule has 0 aromatic heterocycles. The van der Waals surface area contributed by atoms with Crippen molar-refractivity contribution in [1.82, 2.24) is 0 Å². The van der Waals surface area contributed by atoms with E-state index in [2.05, 4.69) is 40.8 Å². The maximum absolute atomic E-state index is 6.45. The fourth-order valence-electron chi connectivity index (χ4n) is 2.08. The average molecular weight is 228 g/mol. The third-order valence-corrected chi connectivity index (χ3v) is 8.69. The lowest BCUT2D eigenvalue weighted by Crippen LogP contribution is -2.44. The molecule has 0 spiro atoms. The highest BCUT2D eigenvalue weighted by Crippen LogP contribution is 2.39. The molecule has 15 heavy (non-hydrogen) atoms. The van der Waals surface area contributed by atoms with Crippen molar-refractivity contribution in [3.63, 3.8) is 0 Å². The zero-order valence-electron chi connectivity index (χ0n) is 11.4. The van der Waals surface area contributed by atoms with Crippen LogP contribution >= 0.6 is 0 Å². The van der Waals surface area contributed by atoms with Crippen LogP contribution in [0, 0.1) is 5.92 Å². The van der Waals surface area contributed by atoms with E-state index in [4.69, 9.17) is 4.43 Å². The molecular formula is C13H28OSi. The maximum Gasteiger partial charge on any atom is 0.192 e. The molecule has 0 saturated heterocycles. The lowest BCUT2D eigenvalue weighted by molar-refractivity contribution is 0.114. The van der Waals surface area contributed by atoms with Crippen molar-refractivity contribution in [3.05, 3.63) is 0 Å². The highest BCUT2D eigenvalue weighted by Gasteiger charge is 2.39. The Morgan fingerprint density at radius 1 is 1.13 bits per heavy atom. The summed E-state index contributed by atoms with van der Waals surface area (Å²) in [5, 5.41) is 0.355. The number of hydrogen-bond acceptors (Lipinski definition) is 1. The molecule has 1 aliphatic carbocycles. The molecule has 0 amide bonds. The second-order valence-electron chi connectivity index (χ2n) is 6.77. The van der Waals surface area contributed by atoms with Crippen molar-refractivity contribution in [2.24, 2.45) is 5.92 Å². The first kappa shape index (κ1) is 13.2. The van der Waals surface area contributed by atoms with Gasteiger partial charge in [0, 0.05) is 6.10 Å². The molecule has 0 aromatic rings. The first-order chi connectivity index (χ1) is 6.72. The van der Waals surface area contributed by atoms with E-state index in [1.165, 1.54) is 25.7 Å². The molecule has 2 atom stereocenters. The van der Waals surface area contributed by atoms with Crippen LogP contribution in [-0.4, -0.2) is 14.4 Å². The normalized spacial score (nSPS) is 29.2. The zero-order valence-corrected chi connectivity index (χ0v) is 12.4. The van der Waals surface area contributed by atoms with Crippen LogP contribution in [0.2, 0.25) is 18.1 Å². The van der Waals surface area contributed by atoms with Gasteiger partial charge in [0.2, 0.25) is 0 Å². The van der Waals surface area contributed by atoms with Crippen molar-refractivity contribution in [1.29, 1.82) is 0 Å². The van der Waals surface area contributed by atoms with Crippen molar-refractivity contribution in [2.75, 3.05) is 0 Å². The molecule has 1 nitrogen and oxygen atoms in total. The van der Waals surface area contributed by atoms with Crippen LogP contribution in [0.5, 0.6) is 0 Å². The monoisotopic (exact) mass is 228 g/mol. The largest absolute Gasteiger partial charge is 0.414 e. The van der Waals surface area contributed by atoms with Crippen molar-refractivity contribution >= 4 is 8.32 Å². The molecular weight excluding hydrogens is 200 g/mol. The molecule has 0 heterocycles. The van der Waals surface area contributed by atoms with E-state index in [9.17, 15) is 0 Å². The Kier molecular flexibility index (Phi) is 4.05. The van der Waals surface area contributed by atoms with Gasteiger partial charge in [-0.25, -0.2) is 0 Å². The second-order valence-corrected chi connectivity index (χ2v) is 11.5. The molecule has 1 saturated carbocycles. The third kappa shape index (κ3) is 3.60. The van der Waals surface area contributed by atoms with Crippen LogP contribution < -0.4 is 0 Å². The number of hydrogen-bond donors (Lipinski definition) is 0. The predicted molar refractivity (Wildman–Crippen MR) is 69.7 cm³/mol. The van der Waals surface area contributed by atoms with Gasteiger partial charge in [0.25, 0.3) is 0 Å². The van der Waals surface area contributed by atoms with Crippen molar-refractivity contribution in [2.45, 2.75) is 77.6 Å². The fraction of sp³-hybridized carbons (Fsp3) is 1.00. The Morgan fingerprint density at radius 3 is 2.20 bits per heavy atom. The molecule has 2 heteroatoms. The highest BCUT2D eigenvalue weighted by atomic mass is 28.4. The first-order valence-electron chi connectivity index (χ1n) is 6.40. The molecule has 0 bridgehead atoms. The third-order valence-electron chi connectivity index (χ3n) is 4.16. The summed E-state index contributed by atoms with van der Waals surface area (Å²) in [5.41, 5.74) is 0. The first-order valence-corrected chi connectivity index (χ1v) is 9.31. The average Bonchev–Trinajstić information content (AvgIpc) is 2.00. The van der Waals surface area contributed by atoms with E-state index in [1.54, 1.807) is 0 Å². The van der Waals surface area contributed by atoms with Crippen LogP contribution in [-0.2, 0) is 4.43 Å². The molecule has 2 unspecified atom stereocenters. The fourth-order valence-corrected chi connectivity index (χ4v) is 3.48. The summed E-state index contributed by atoms with van der Waals surface area (Å²) in [4.78, 5) is 0. The summed E-state index contributed by atoms with van der Waals surface area (Å²) in [6.45, 7) is 14.1. The quantitative estimate of drug-likeness (QED) is 0.628. The molecule has 0 radical (unpaired) electrons. The van der Waals surface area contributed by atoms with E-state index in [1.807, 2.05) is 0 Å². The molecule has 1 aliphatic rings. The van der Waals surface area contributed by atoms with E-state index in [-0.39, 0.29) is 0 Å². The van der Waals surface area contributed by atoms with E-state index >= 15 is 0 Å². The smallest absolute Gasteiger partial charge is 0.192 e. The topological polar surface area (TPSA) is 9.23 Å². The molecule has 90 valence electrons. The lowest BCUT2D eigenvalue weighted by atomic mass is 9.89. The van der Waals surface area contributed by atoms with Crippen molar-refractivity contribution < 1.29 is 4.43 Å². The molecule has 0 aliphatic heterocycles. The van der Waals surface area contributed by atoms with Gasteiger partial charge in [-0.3, -0.25) is 0 Å². The SMILES string of the molecule is CC1CCCC(O[Si](C)(C)C(C)(C)C)C1. The lowest BCUT2D eigenvalue weighted by Gasteiger charge is -2.41. The van der Waals surface area contributed by atoms with Crippen LogP contribution in [0.25, 0.3) is 0 Å². The Balaban J connectivity index is 2.53. The van der Waals surface area contributed by atoms with Crippen molar-refractivity contribution in [3.8, 4) is 0 Å². The predicted octanol–water partition coefficient (Wildman–Crippen LogP) is 4.59. The molecule has 0 N–H and O–H groups in total. The number of rotatable bonds is 2. The van der Waals surface area contributed by atoms with Gasteiger partial charge >= 0.3 is 0 Å². The summed E-state index contributed by atoms with van der Waals surface area (Å²) < 4.78 is 6.45. The minimum absolute atomic E-state index is 0.355. The molecule has 0 aromatic carbocycles. The minimum atomic E-state index is -1.52. The zero-order chi connectivity index (χ0) is 11.7. The van der Waals surface area contributed by atoms with Crippen LogP contribution in [0.15, 0.2) is 0 Å². The van der Waals surface area contributed by atoms with Gasteiger partial charge in [-0.2, -0.15) is 0 Å². The maximum atomic E-state index is 6.45. The second kappa shape index (κ2) is 4.58. The minimum Gasteiger partial charge on any atom is -0.414 e. The van der Waals surface area contributed by atoms with Crippen LogP contribution in [0.3, 0.4) is 0 Å². The van der Waals surface area contributed by atoms with Gasteiger partial charge in [0.05, 0.1) is 0 Å². The Labute approximate surface area is 96.7 Å². The Bertz CT molecular complexity index is 205. The molecule has 1 rings (SSSR count). The van der Waals surface area contributed by atoms with Gasteiger partial charge in [-0.15, -0.1) is 0 Å². The summed E-state index contributed by atoms with van der Waals surface area (Å²) in [7, 11) is -1.52. The van der Waals surface area contributed by atoms with Crippen LogP contribution in [0.1, 0.15) is 53.4 Å². The van der Waals surface area contributed by atoms with Crippen LogP contribution in [0.4, 0.5) is 0 Å². The summed E-state index contributed by atoms with van der Waals surface area (Å²) >= 11 is 0. The van der Waals surface area contributed by atoms with E-state index in [0.29, 0.717) is 11.1 Å². The molecule has 1 fully saturated rings. The van der Waals surface area contributed by atoms with Gasteiger partial charge in [0.1, 0.15) is 0 Å². The Morgan fingerprint density at radius 2 is 1.73 bits per heavy atom. The van der Waals surface area contributed by atoms with Gasteiger partial charge < -0.3 is 4.43 Å². The Hall–Kier alpha value is 0.177. The summed E-state index contributed by atoms with van der Waals surface area (Å²) in [5.74, 6) is 0.869. The summed E-state index contributed by atoms with van der Waals surface area (Å²) in [6, 6.07) is 0. The van der Waals surface area contributed by atoms with Gasteiger partial charge in [-0.05, 0) is 36.9 Å². The van der Waals surface area contributed by atoms with Gasteiger partial charge in [0.15, 0.2) is 8.32 Å². The standard InChI is InChI=1S/C13H28OSi/c1-11-8-7-9-12(10-11)14-15(5,6)13(2,3)4/h11-12H,7-10H2,1-6H3. The summed E-state index contributed by atoms with van der Waals surface area (Å²) in [6.07, 6.45) is 5.89. The van der Waals surface area contributed by atoms with E-state index < -0.39 is 8.32 Å². The highest BCUT2D eigenvalue weighted by molar-refractivity contribution is 6.74. The van der Waals surface area contributed by atoms with Gasteiger partial charge in [-0.1, -0.05) is 40.5 Å². The van der Waals surface area contributed by atoms with E-state index in [0.717, 1.165) is 5.92 Å².